The molecule has 0 aliphatic carbocycles. The molecule has 2 rings (SSSR count). The molecule has 1 aromatic heterocycles. The summed E-state index contributed by atoms with van der Waals surface area (Å²) in [5.41, 5.74) is 5.54. The Labute approximate surface area is 198 Å². The lowest BCUT2D eigenvalue weighted by atomic mass is 10.1. The van der Waals surface area contributed by atoms with Gasteiger partial charge < -0.3 is 15.5 Å². The van der Waals surface area contributed by atoms with E-state index in [9.17, 15) is 19.2 Å². The molecular formula is C23H32ClN5O4. The number of halogens is 1. The Morgan fingerprint density at radius 1 is 1.06 bits per heavy atom. The van der Waals surface area contributed by atoms with Crippen LogP contribution in [0.25, 0.3) is 0 Å². The van der Waals surface area contributed by atoms with Gasteiger partial charge in [0.25, 0.3) is 5.56 Å². The maximum absolute atomic E-state index is 13.2. The minimum absolute atomic E-state index is 0.00769. The molecule has 0 unspecified atom stereocenters. The first kappa shape index (κ1) is 26.2. The highest BCUT2D eigenvalue weighted by Gasteiger charge is 2.27. The molecule has 180 valence electrons. The Balaban J connectivity index is 2.32. The number of carbonyl (C=O) groups excluding carboxylic acids is 2. The van der Waals surface area contributed by atoms with Gasteiger partial charge in [-0.25, -0.2) is 4.79 Å². The van der Waals surface area contributed by atoms with Crippen molar-refractivity contribution in [2.24, 2.45) is 11.8 Å². The highest BCUT2D eigenvalue weighted by Crippen LogP contribution is 2.20. The highest BCUT2D eigenvalue weighted by atomic mass is 35.5. The van der Waals surface area contributed by atoms with Crippen molar-refractivity contribution < 1.29 is 9.59 Å². The number of nitrogens with zero attached hydrogens (tertiary/aromatic N) is 3. The summed E-state index contributed by atoms with van der Waals surface area (Å²) in [5, 5.41) is 0.570. The van der Waals surface area contributed by atoms with E-state index in [0.29, 0.717) is 5.02 Å². The molecule has 2 amide bonds. The molecule has 0 spiro atoms. The monoisotopic (exact) mass is 477 g/mol. The third-order valence-corrected chi connectivity index (χ3v) is 5.20. The number of anilines is 2. The first-order chi connectivity index (χ1) is 15.4. The van der Waals surface area contributed by atoms with E-state index < -0.39 is 17.2 Å². The van der Waals surface area contributed by atoms with Gasteiger partial charge in [-0.3, -0.25) is 23.9 Å². The number of H-pyrrole nitrogens is 1. The number of hydrogen-bond donors (Lipinski definition) is 2. The Kier molecular flexibility index (Phi) is 8.87. The Morgan fingerprint density at radius 3 is 2.21 bits per heavy atom. The number of amides is 2. The molecule has 0 radical (unpaired) electrons. The lowest BCUT2D eigenvalue weighted by Crippen LogP contribution is -2.47. The second-order valence-corrected chi connectivity index (χ2v) is 9.39. The van der Waals surface area contributed by atoms with E-state index in [1.54, 1.807) is 24.3 Å². The van der Waals surface area contributed by atoms with E-state index in [0.717, 1.165) is 5.56 Å². The van der Waals surface area contributed by atoms with Crippen molar-refractivity contribution in [3.63, 3.8) is 0 Å². The van der Waals surface area contributed by atoms with Gasteiger partial charge in [0.2, 0.25) is 11.8 Å². The molecule has 2 aromatic rings. The van der Waals surface area contributed by atoms with Crippen LogP contribution in [0.2, 0.25) is 5.02 Å². The average Bonchev–Trinajstić information content (AvgIpc) is 2.71. The quantitative estimate of drug-likeness (QED) is 0.572. The van der Waals surface area contributed by atoms with Gasteiger partial charge in [-0.2, -0.15) is 0 Å². The van der Waals surface area contributed by atoms with Crippen LogP contribution in [-0.2, 0) is 22.6 Å². The maximum Gasteiger partial charge on any atom is 0.330 e. The van der Waals surface area contributed by atoms with Crippen molar-refractivity contribution in [1.29, 1.82) is 0 Å². The molecule has 10 heteroatoms. The summed E-state index contributed by atoms with van der Waals surface area (Å²) < 4.78 is 1.26. The average molecular weight is 478 g/mol. The van der Waals surface area contributed by atoms with Crippen LogP contribution in [0.5, 0.6) is 0 Å². The first-order valence-corrected chi connectivity index (χ1v) is 11.2. The van der Waals surface area contributed by atoms with Crippen LogP contribution in [0.1, 0.15) is 33.3 Å². The summed E-state index contributed by atoms with van der Waals surface area (Å²) >= 11 is 5.88. The van der Waals surface area contributed by atoms with Gasteiger partial charge in [0.15, 0.2) is 5.69 Å². The molecule has 0 saturated heterocycles. The van der Waals surface area contributed by atoms with E-state index in [2.05, 4.69) is 4.98 Å². The molecule has 0 bridgehead atoms. The molecule has 0 aliphatic rings. The third-order valence-electron chi connectivity index (χ3n) is 4.95. The summed E-state index contributed by atoms with van der Waals surface area (Å²) in [4.78, 5) is 55.7. The predicted octanol–water partition coefficient (Wildman–Crippen LogP) is 2.12. The number of nitrogen functional groups attached to an aromatic ring is 1. The number of carbonyl (C=O) groups is 2. The van der Waals surface area contributed by atoms with Crippen LogP contribution in [0, 0.1) is 11.8 Å². The van der Waals surface area contributed by atoms with E-state index in [4.69, 9.17) is 17.3 Å². The van der Waals surface area contributed by atoms with Crippen molar-refractivity contribution in [3.05, 3.63) is 55.7 Å². The number of nitrogens with one attached hydrogen (secondary N) is 1. The fraction of sp³-hybridized carbons (Fsp3) is 0.478. The minimum Gasteiger partial charge on any atom is -0.383 e. The molecule has 0 fully saturated rings. The molecule has 33 heavy (non-hydrogen) atoms. The maximum atomic E-state index is 13.2. The molecule has 1 aromatic carbocycles. The van der Waals surface area contributed by atoms with Gasteiger partial charge in [0, 0.05) is 25.2 Å². The summed E-state index contributed by atoms with van der Waals surface area (Å²) in [5.74, 6) is -0.700. The number of nitrogens with two attached hydrogens (primary N) is 1. The zero-order valence-corrected chi connectivity index (χ0v) is 20.5. The van der Waals surface area contributed by atoms with Gasteiger partial charge in [-0.15, -0.1) is 0 Å². The smallest absolute Gasteiger partial charge is 0.330 e. The van der Waals surface area contributed by atoms with Crippen LogP contribution in [0.4, 0.5) is 11.5 Å². The van der Waals surface area contributed by atoms with Gasteiger partial charge in [0.05, 0.1) is 13.0 Å². The summed E-state index contributed by atoms with van der Waals surface area (Å²) in [7, 11) is 1.52. The van der Waals surface area contributed by atoms with Crippen molar-refractivity contribution in [2.45, 2.75) is 40.7 Å². The third kappa shape index (κ3) is 6.95. The Morgan fingerprint density at radius 2 is 1.67 bits per heavy atom. The molecule has 9 nitrogen and oxygen atoms in total. The first-order valence-electron chi connectivity index (χ1n) is 10.8. The summed E-state index contributed by atoms with van der Waals surface area (Å²) in [6.45, 7) is 7.85. The van der Waals surface area contributed by atoms with Crippen LogP contribution in [-0.4, -0.2) is 46.4 Å². The van der Waals surface area contributed by atoms with E-state index in [1.165, 1.54) is 21.4 Å². The van der Waals surface area contributed by atoms with Crippen molar-refractivity contribution >= 4 is 34.9 Å². The molecule has 0 aliphatic heterocycles. The second kappa shape index (κ2) is 11.2. The van der Waals surface area contributed by atoms with Crippen molar-refractivity contribution in [1.82, 2.24) is 14.5 Å². The molecule has 3 N–H and O–H groups in total. The van der Waals surface area contributed by atoms with Crippen molar-refractivity contribution in [3.8, 4) is 0 Å². The number of hydrogen-bond acceptors (Lipinski definition) is 5. The largest absolute Gasteiger partial charge is 0.383 e. The SMILES string of the molecule is CC(C)CN(C(=O)CN(C)C(=O)Cc1ccc(Cl)cc1)c1c(N)n(CC(C)C)c(=O)[nH]c1=O. The van der Waals surface area contributed by atoms with Gasteiger partial charge >= 0.3 is 5.69 Å². The van der Waals surface area contributed by atoms with Crippen LogP contribution < -0.4 is 21.9 Å². The molecule has 1 heterocycles. The van der Waals surface area contributed by atoms with Crippen LogP contribution in [0.15, 0.2) is 33.9 Å². The number of benzene rings is 1. The summed E-state index contributed by atoms with van der Waals surface area (Å²) in [6.07, 6.45) is 0.104. The lowest BCUT2D eigenvalue weighted by molar-refractivity contribution is -0.133. The fourth-order valence-corrected chi connectivity index (χ4v) is 3.48. The lowest BCUT2D eigenvalue weighted by Gasteiger charge is -2.28. The zero-order valence-electron chi connectivity index (χ0n) is 19.7. The minimum atomic E-state index is -0.735. The van der Waals surface area contributed by atoms with E-state index in [1.807, 2.05) is 27.7 Å². The van der Waals surface area contributed by atoms with E-state index in [-0.39, 0.29) is 55.3 Å². The number of rotatable bonds is 9. The molecule has 0 saturated carbocycles. The van der Waals surface area contributed by atoms with Gasteiger partial charge in [-0.05, 0) is 29.5 Å². The fourth-order valence-electron chi connectivity index (χ4n) is 3.36. The Bertz CT molecular complexity index is 1110. The Hall–Kier alpha value is -3.07. The van der Waals surface area contributed by atoms with Crippen LogP contribution >= 0.6 is 11.6 Å². The number of aromatic nitrogens is 2. The van der Waals surface area contributed by atoms with Crippen LogP contribution in [0.3, 0.4) is 0 Å². The second-order valence-electron chi connectivity index (χ2n) is 8.95. The van der Waals surface area contributed by atoms with E-state index >= 15 is 0 Å². The zero-order chi connectivity index (χ0) is 24.9. The molecular weight excluding hydrogens is 446 g/mol. The predicted molar refractivity (Wildman–Crippen MR) is 131 cm³/mol. The van der Waals surface area contributed by atoms with Gasteiger partial charge in [-0.1, -0.05) is 51.4 Å². The highest BCUT2D eigenvalue weighted by molar-refractivity contribution is 6.30. The topological polar surface area (TPSA) is 121 Å². The number of aromatic amines is 1. The normalized spacial score (nSPS) is 11.2. The number of likely N-dealkylation sites (N-methyl/N-ethyl adjacent to an activating group) is 1. The standard InChI is InChI=1S/C23H32ClN5O4/c1-14(2)11-28(20-21(25)29(12-15(3)4)23(33)26-22(20)32)19(31)13-27(5)18(30)10-16-6-8-17(24)9-7-16/h6-9,14-15H,10-13,25H2,1-5H3,(H,26,32,33). The molecule has 0 atom stereocenters. The van der Waals surface area contributed by atoms with Gasteiger partial charge in [0.1, 0.15) is 5.82 Å². The van der Waals surface area contributed by atoms with Crippen molar-refractivity contribution in [2.75, 3.05) is 30.8 Å². The summed E-state index contributed by atoms with van der Waals surface area (Å²) in [6, 6.07) is 6.89.